The predicted octanol–water partition coefficient (Wildman–Crippen LogP) is 4.56. The van der Waals surface area contributed by atoms with Crippen LogP contribution in [0.1, 0.15) is 45.2 Å². The summed E-state index contributed by atoms with van der Waals surface area (Å²) in [6, 6.07) is 8.33. The quantitative estimate of drug-likeness (QED) is 0.186. The number of benzene rings is 1. The Morgan fingerprint density at radius 3 is 2.10 bits per heavy atom. The molecule has 2 N–H and O–H groups in total. The first-order valence-electron chi connectivity index (χ1n) is 10.0. The maximum atomic E-state index is 12.1. The van der Waals surface area contributed by atoms with Crippen molar-refractivity contribution in [3.8, 4) is 0 Å². The molecule has 1 aromatic rings. The van der Waals surface area contributed by atoms with Crippen molar-refractivity contribution in [1.82, 2.24) is 15.5 Å². The highest BCUT2D eigenvalue weighted by molar-refractivity contribution is 14.0. The fourth-order valence-electron chi connectivity index (χ4n) is 3.03. The second-order valence-electron chi connectivity index (χ2n) is 7.56. The van der Waals surface area contributed by atoms with Gasteiger partial charge in [0, 0.05) is 38.8 Å². The minimum absolute atomic E-state index is 0. The van der Waals surface area contributed by atoms with Crippen molar-refractivity contribution in [3.05, 3.63) is 35.4 Å². The van der Waals surface area contributed by atoms with Crippen LogP contribution in [0, 0.1) is 0 Å². The molecule has 5 nitrogen and oxygen atoms in total. The Hall–Kier alpha value is -1.07. The van der Waals surface area contributed by atoms with E-state index in [4.69, 9.17) is 0 Å². The van der Waals surface area contributed by atoms with E-state index in [9.17, 15) is 13.2 Å². The summed E-state index contributed by atoms with van der Waals surface area (Å²) in [5, 5.41) is 6.56. The Morgan fingerprint density at radius 2 is 1.60 bits per heavy atom. The van der Waals surface area contributed by atoms with Crippen molar-refractivity contribution in [2.24, 2.45) is 4.99 Å². The van der Waals surface area contributed by atoms with Gasteiger partial charge in [-0.15, -0.1) is 24.0 Å². The van der Waals surface area contributed by atoms with E-state index in [0.717, 1.165) is 31.0 Å². The number of nitrogens with one attached hydrogen (secondary N) is 2. The van der Waals surface area contributed by atoms with E-state index in [0.29, 0.717) is 24.2 Å². The molecular weight excluding hydrogens is 508 g/mol. The van der Waals surface area contributed by atoms with Gasteiger partial charge in [0.2, 0.25) is 0 Å². The molecule has 0 aliphatic carbocycles. The van der Waals surface area contributed by atoms with Crippen LogP contribution in [0.15, 0.2) is 29.3 Å². The Morgan fingerprint density at radius 1 is 1.03 bits per heavy atom. The SMILES string of the molecule is CN=C(NCCCN(C(C)C)C(C)C)NCc1ccc(COCC(F)(F)F)cc1.I. The van der Waals surface area contributed by atoms with Gasteiger partial charge in [0.25, 0.3) is 0 Å². The van der Waals surface area contributed by atoms with Gasteiger partial charge in [-0.25, -0.2) is 0 Å². The Balaban J connectivity index is 0.00000841. The van der Waals surface area contributed by atoms with Gasteiger partial charge in [-0.2, -0.15) is 13.2 Å². The number of hydrogen-bond donors (Lipinski definition) is 2. The van der Waals surface area contributed by atoms with E-state index in [2.05, 4.69) is 53.0 Å². The highest BCUT2D eigenvalue weighted by Gasteiger charge is 2.27. The van der Waals surface area contributed by atoms with Crippen LogP contribution in [0.5, 0.6) is 0 Å². The number of aliphatic imine (C=N–C) groups is 1. The molecule has 0 aliphatic rings. The smallest absolute Gasteiger partial charge is 0.367 e. The Kier molecular flexibility index (Phi) is 14.3. The molecule has 30 heavy (non-hydrogen) atoms. The molecule has 0 spiro atoms. The standard InChI is InChI=1S/C21H35F3N4O.HI/c1-16(2)28(17(3)4)12-6-11-26-20(25-5)27-13-18-7-9-19(10-8-18)14-29-15-21(22,23)24;/h7-10,16-17H,6,11-15H2,1-5H3,(H2,25,26,27);1H. The van der Waals surface area contributed by atoms with Crippen LogP contribution < -0.4 is 10.6 Å². The minimum atomic E-state index is -4.30. The summed E-state index contributed by atoms with van der Waals surface area (Å²) in [4.78, 5) is 6.68. The molecule has 1 rings (SSSR count). The molecule has 0 amide bonds. The van der Waals surface area contributed by atoms with E-state index >= 15 is 0 Å². The third-order valence-electron chi connectivity index (χ3n) is 4.45. The topological polar surface area (TPSA) is 48.9 Å². The van der Waals surface area contributed by atoms with Gasteiger partial charge >= 0.3 is 6.18 Å². The number of halogens is 4. The zero-order valence-electron chi connectivity index (χ0n) is 18.6. The highest BCUT2D eigenvalue weighted by Crippen LogP contribution is 2.15. The van der Waals surface area contributed by atoms with Crippen LogP contribution in [0.25, 0.3) is 0 Å². The summed E-state index contributed by atoms with van der Waals surface area (Å²) in [6.45, 7) is 9.98. The predicted molar refractivity (Wildman–Crippen MR) is 127 cm³/mol. The molecular formula is C21H36F3IN4O. The van der Waals surface area contributed by atoms with Crippen LogP contribution in [0.2, 0.25) is 0 Å². The molecule has 0 unspecified atom stereocenters. The monoisotopic (exact) mass is 544 g/mol. The number of guanidine groups is 1. The van der Waals surface area contributed by atoms with E-state index in [-0.39, 0.29) is 30.6 Å². The Labute approximate surface area is 195 Å². The first-order chi connectivity index (χ1) is 13.6. The average molecular weight is 544 g/mol. The summed E-state index contributed by atoms with van der Waals surface area (Å²) in [7, 11) is 1.73. The molecule has 9 heteroatoms. The molecule has 0 bridgehead atoms. The number of alkyl halides is 3. The second-order valence-corrected chi connectivity index (χ2v) is 7.56. The molecule has 1 aromatic carbocycles. The summed E-state index contributed by atoms with van der Waals surface area (Å²) in [5.74, 6) is 0.725. The van der Waals surface area contributed by atoms with Crippen molar-refractivity contribution < 1.29 is 17.9 Å². The van der Waals surface area contributed by atoms with Crippen molar-refractivity contribution in [2.75, 3.05) is 26.7 Å². The van der Waals surface area contributed by atoms with Gasteiger partial charge in [-0.1, -0.05) is 24.3 Å². The van der Waals surface area contributed by atoms with Crippen molar-refractivity contribution in [3.63, 3.8) is 0 Å². The Bertz CT molecular complexity index is 599. The lowest BCUT2D eigenvalue weighted by molar-refractivity contribution is -0.176. The zero-order chi connectivity index (χ0) is 21.9. The normalized spacial score (nSPS) is 12.4. The van der Waals surface area contributed by atoms with Gasteiger partial charge in [0.1, 0.15) is 6.61 Å². The van der Waals surface area contributed by atoms with Crippen molar-refractivity contribution in [2.45, 2.75) is 65.5 Å². The number of nitrogens with zero attached hydrogens (tertiary/aromatic N) is 2. The molecule has 0 radical (unpaired) electrons. The van der Waals surface area contributed by atoms with Gasteiger partial charge in [0.15, 0.2) is 5.96 Å². The maximum Gasteiger partial charge on any atom is 0.411 e. The fourth-order valence-corrected chi connectivity index (χ4v) is 3.03. The van der Waals surface area contributed by atoms with Crippen LogP contribution in [-0.2, 0) is 17.9 Å². The van der Waals surface area contributed by atoms with Crippen LogP contribution in [0.3, 0.4) is 0 Å². The molecule has 0 saturated heterocycles. The fraction of sp³-hybridized carbons (Fsp3) is 0.667. The van der Waals surface area contributed by atoms with Gasteiger partial charge in [-0.3, -0.25) is 9.89 Å². The summed E-state index contributed by atoms with van der Waals surface area (Å²) in [6.07, 6.45) is -3.28. The van der Waals surface area contributed by atoms with Gasteiger partial charge in [0.05, 0.1) is 6.61 Å². The van der Waals surface area contributed by atoms with E-state index in [1.54, 1.807) is 19.2 Å². The molecule has 0 heterocycles. The lowest BCUT2D eigenvalue weighted by atomic mass is 10.1. The highest BCUT2D eigenvalue weighted by atomic mass is 127. The third-order valence-corrected chi connectivity index (χ3v) is 4.45. The average Bonchev–Trinajstić information content (AvgIpc) is 2.63. The summed E-state index contributed by atoms with van der Waals surface area (Å²) in [5.41, 5.74) is 1.72. The maximum absolute atomic E-state index is 12.1. The van der Waals surface area contributed by atoms with E-state index in [1.807, 2.05) is 12.1 Å². The number of ether oxygens (including phenoxy) is 1. The first kappa shape index (κ1) is 28.9. The molecule has 174 valence electrons. The van der Waals surface area contributed by atoms with Crippen molar-refractivity contribution >= 4 is 29.9 Å². The first-order valence-corrected chi connectivity index (χ1v) is 10.0. The second kappa shape index (κ2) is 14.9. The molecule has 0 saturated carbocycles. The lowest BCUT2D eigenvalue weighted by Gasteiger charge is -2.30. The minimum Gasteiger partial charge on any atom is -0.367 e. The van der Waals surface area contributed by atoms with E-state index in [1.165, 1.54) is 0 Å². The summed E-state index contributed by atoms with van der Waals surface area (Å²) < 4.78 is 41.0. The largest absolute Gasteiger partial charge is 0.411 e. The van der Waals surface area contributed by atoms with Crippen LogP contribution in [0.4, 0.5) is 13.2 Å². The molecule has 0 fully saturated rings. The molecule has 0 aliphatic heterocycles. The van der Waals surface area contributed by atoms with Gasteiger partial charge in [-0.05, 0) is 45.2 Å². The molecule has 0 aromatic heterocycles. The van der Waals surface area contributed by atoms with Crippen LogP contribution >= 0.6 is 24.0 Å². The van der Waals surface area contributed by atoms with Crippen LogP contribution in [-0.4, -0.2) is 55.9 Å². The third kappa shape index (κ3) is 12.6. The summed E-state index contributed by atoms with van der Waals surface area (Å²) >= 11 is 0. The molecule has 0 atom stereocenters. The van der Waals surface area contributed by atoms with Gasteiger partial charge < -0.3 is 15.4 Å². The number of hydrogen-bond acceptors (Lipinski definition) is 3. The number of rotatable bonds is 11. The lowest BCUT2D eigenvalue weighted by Crippen LogP contribution is -2.41. The van der Waals surface area contributed by atoms with Crippen molar-refractivity contribution in [1.29, 1.82) is 0 Å². The van der Waals surface area contributed by atoms with E-state index < -0.39 is 12.8 Å². The zero-order valence-corrected chi connectivity index (χ0v) is 20.9.